The molecular weight excluding hydrogens is 250 g/mol. The summed E-state index contributed by atoms with van der Waals surface area (Å²) in [6.45, 7) is 4.52. The van der Waals surface area contributed by atoms with Gasteiger partial charge in [0.05, 0.1) is 25.1 Å². The van der Waals surface area contributed by atoms with Gasteiger partial charge in [0, 0.05) is 12.1 Å². The zero-order valence-electron chi connectivity index (χ0n) is 11.2. The predicted molar refractivity (Wildman–Crippen MR) is 69.4 cm³/mol. The second kappa shape index (κ2) is 4.65. The number of nitro groups is 1. The van der Waals surface area contributed by atoms with Crippen LogP contribution in [0.3, 0.4) is 0 Å². The number of β-amino-alcohol motifs (C(OH)–C–C–N with tert-alkyl or cyclic N) is 1. The summed E-state index contributed by atoms with van der Waals surface area (Å²) in [6.07, 6.45) is 0. The number of hydrogen-bond donors (Lipinski definition) is 1. The Bertz CT molecular complexity index is 498. The Morgan fingerprint density at radius 1 is 1.53 bits per heavy atom. The topological polar surface area (TPSA) is 88.7 Å². The zero-order chi connectivity index (χ0) is 14.2. The summed E-state index contributed by atoms with van der Waals surface area (Å²) < 4.78 is 4.98. The molecule has 1 aromatic heterocycles. The Labute approximate surface area is 111 Å². The Morgan fingerprint density at radius 2 is 2.16 bits per heavy atom. The molecule has 1 aliphatic heterocycles. The van der Waals surface area contributed by atoms with Crippen LogP contribution >= 0.6 is 0 Å². The standard InChI is InChI=1S/C12H17N3O4/c1-8(2)12(16)6-14(7-12)11-9(15(17)18)4-5-10(13-11)19-3/h4-5,8,16H,6-7H2,1-3H3. The first kappa shape index (κ1) is 13.5. The van der Waals surface area contributed by atoms with Gasteiger partial charge in [-0.3, -0.25) is 10.1 Å². The third-order valence-electron chi connectivity index (χ3n) is 3.54. The van der Waals surface area contributed by atoms with Gasteiger partial charge in [0.1, 0.15) is 5.60 Å². The highest BCUT2D eigenvalue weighted by Crippen LogP contribution is 2.37. The molecule has 1 saturated heterocycles. The largest absolute Gasteiger partial charge is 0.481 e. The molecule has 0 saturated carbocycles. The first-order chi connectivity index (χ1) is 8.87. The molecule has 2 rings (SSSR count). The van der Waals surface area contributed by atoms with Crippen LogP contribution < -0.4 is 9.64 Å². The summed E-state index contributed by atoms with van der Waals surface area (Å²) in [6, 6.07) is 2.82. The first-order valence-electron chi connectivity index (χ1n) is 6.04. The van der Waals surface area contributed by atoms with Crippen molar-refractivity contribution < 1.29 is 14.8 Å². The molecule has 0 aliphatic carbocycles. The number of anilines is 1. The number of hydrogen-bond acceptors (Lipinski definition) is 6. The van der Waals surface area contributed by atoms with Crippen molar-refractivity contribution in [2.75, 3.05) is 25.1 Å². The predicted octanol–water partition coefficient (Wildman–Crippen LogP) is 1.21. The third kappa shape index (κ3) is 2.33. The minimum absolute atomic E-state index is 0.0772. The molecule has 0 bridgehead atoms. The number of rotatable bonds is 4. The average Bonchev–Trinajstić information content (AvgIpc) is 2.33. The van der Waals surface area contributed by atoms with E-state index in [-0.39, 0.29) is 17.4 Å². The van der Waals surface area contributed by atoms with E-state index in [1.54, 1.807) is 4.90 Å². The third-order valence-corrected chi connectivity index (χ3v) is 3.54. The molecule has 0 unspecified atom stereocenters. The highest BCUT2D eigenvalue weighted by atomic mass is 16.6. The SMILES string of the molecule is COc1ccc([N+](=O)[O-])c(N2CC(O)(C(C)C)C2)n1. The van der Waals surface area contributed by atoms with Gasteiger partial charge in [-0.05, 0) is 5.92 Å². The van der Waals surface area contributed by atoms with Crippen molar-refractivity contribution >= 4 is 11.5 Å². The fourth-order valence-electron chi connectivity index (χ4n) is 2.04. The van der Waals surface area contributed by atoms with E-state index in [9.17, 15) is 15.2 Å². The van der Waals surface area contributed by atoms with Gasteiger partial charge in [-0.2, -0.15) is 4.98 Å². The Kier molecular flexibility index (Phi) is 3.32. The van der Waals surface area contributed by atoms with Crippen LogP contribution in [0.15, 0.2) is 12.1 Å². The quantitative estimate of drug-likeness (QED) is 0.651. The van der Waals surface area contributed by atoms with Gasteiger partial charge >= 0.3 is 5.69 Å². The molecule has 1 aromatic rings. The molecule has 0 radical (unpaired) electrons. The van der Waals surface area contributed by atoms with E-state index in [0.717, 1.165) is 0 Å². The second-order valence-electron chi connectivity index (χ2n) is 5.07. The molecule has 1 aliphatic rings. The van der Waals surface area contributed by atoms with Gasteiger partial charge in [0.2, 0.25) is 11.7 Å². The number of ether oxygens (including phenoxy) is 1. The highest BCUT2D eigenvalue weighted by molar-refractivity contribution is 5.61. The van der Waals surface area contributed by atoms with Crippen LogP contribution in [-0.2, 0) is 0 Å². The van der Waals surface area contributed by atoms with Crippen molar-refractivity contribution in [2.24, 2.45) is 5.92 Å². The van der Waals surface area contributed by atoms with Crippen molar-refractivity contribution in [3.05, 3.63) is 22.2 Å². The number of nitrogens with zero attached hydrogens (tertiary/aromatic N) is 3. The fraction of sp³-hybridized carbons (Fsp3) is 0.583. The maximum absolute atomic E-state index is 11.0. The first-order valence-corrected chi connectivity index (χ1v) is 6.04. The zero-order valence-corrected chi connectivity index (χ0v) is 11.2. The van der Waals surface area contributed by atoms with Gasteiger partial charge in [-0.15, -0.1) is 0 Å². The normalized spacial score (nSPS) is 17.2. The molecule has 0 atom stereocenters. The molecule has 0 spiro atoms. The van der Waals surface area contributed by atoms with Crippen molar-refractivity contribution in [1.29, 1.82) is 0 Å². The Hall–Kier alpha value is -1.89. The number of aliphatic hydroxyl groups is 1. The van der Waals surface area contributed by atoms with Crippen LogP contribution in [0.2, 0.25) is 0 Å². The minimum atomic E-state index is -0.807. The van der Waals surface area contributed by atoms with Crippen LogP contribution in [0.4, 0.5) is 11.5 Å². The van der Waals surface area contributed by atoms with E-state index in [4.69, 9.17) is 4.74 Å². The number of aromatic nitrogens is 1. The molecule has 19 heavy (non-hydrogen) atoms. The number of methoxy groups -OCH3 is 1. The van der Waals surface area contributed by atoms with E-state index in [0.29, 0.717) is 19.0 Å². The fourth-order valence-corrected chi connectivity index (χ4v) is 2.04. The molecule has 2 heterocycles. The maximum atomic E-state index is 11.0. The maximum Gasteiger partial charge on any atom is 0.311 e. The lowest BCUT2D eigenvalue weighted by molar-refractivity contribution is -0.384. The number of pyridine rings is 1. The monoisotopic (exact) mass is 267 g/mol. The van der Waals surface area contributed by atoms with Crippen LogP contribution in [0.1, 0.15) is 13.8 Å². The average molecular weight is 267 g/mol. The summed E-state index contributed by atoms with van der Waals surface area (Å²) in [7, 11) is 1.46. The van der Waals surface area contributed by atoms with Gasteiger partial charge in [-0.1, -0.05) is 13.8 Å². The molecule has 0 amide bonds. The molecule has 7 nitrogen and oxygen atoms in total. The van der Waals surface area contributed by atoms with E-state index >= 15 is 0 Å². The highest BCUT2D eigenvalue weighted by Gasteiger charge is 2.46. The lowest BCUT2D eigenvalue weighted by Gasteiger charge is -2.49. The van der Waals surface area contributed by atoms with Crippen LogP contribution in [-0.4, -0.2) is 40.8 Å². The molecule has 0 aromatic carbocycles. The Morgan fingerprint density at radius 3 is 2.63 bits per heavy atom. The van der Waals surface area contributed by atoms with Gasteiger partial charge in [0.25, 0.3) is 0 Å². The molecule has 104 valence electrons. The van der Waals surface area contributed by atoms with Gasteiger partial charge in [0.15, 0.2) is 0 Å². The van der Waals surface area contributed by atoms with Crippen molar-refractivity contribution in [3.63, 3.8) is 0 Å². The summed E-state index contributed by atoms with van der Waals surface area (Å²) in [5.41, 5.74) is -0.884. The van der Waals surface area contributed by atoms with E-state index < -0.39 is 10.5 Å². The van der Waals surface area contributed by atoms with E-state index in [1.165, 1.54) is 19.2 Å². The lowest BCUT2D eigenvalue weighted by atomic mass is 9.83. The van der Waals surface area contributed by atoms with Crippen molar-refractivity contribution in [2.45, 2.75) is 19.4 Å². The summed E-state index contributed by atoms with van der Waals surface area (Å²) in [5.74, 6) is 0.656. The summed E-state index contributed by atoms with van der Waals surface area (Å²) in [4.78, 5) is 16.3. The van der Waals surface area contributed by atoms with Crippen LogP contribution in [0, 0.1) is 16.0 Å². The Balaban J connectivity index is 2.28. The summed E-state index contributed by atoms with van der Waals surface area (Å²) in [5, 5.41) is 21.2. The van der Waals surface area contributed by atoms with Crippen LogP contribution in [0.25, 0.3) is 0 Å². The summed E-state index contributed by atoms with van der Waals surface area (Å²) >= 11 is 0. The second-order valence-corrected chi connectivity index (χ2v) is 5.07. The van der Waals surface area contributed by atoms with Gasteiger partial charge < -0.3 is 14.7 Å². The lowest BCUT2D eigenvalue weighted by Crippen LogP contribution is -2.65. The van der Waals surface area contributed by atoms with E-state index in [1.807, 2.05) is 13.8 Å². The molecule has 7 heteroatoms. The molecular formula is C12H17N3O4. The van der Waals surface area contributed by atoms with Crippen molar-refractivity contribution in [1.82, 2.24) is 4.98 Å². The van der Waals surface area contributed by atoms with Crippen molar-refractivity contribution in [3.8, 4) is 5.88 Å². The van der Waals surface area contributed by atoms with E-state index in [2.05, 4.69) is 4.98 Å². The smallest absolute Gasteiger partial charge is 0.311 e. The molecule has 1 N–H and O–H groups in total. The minimum Gasteiger partial charge on any atom is -0.481 e. The van der Waals surface area contributed by atoms with Crippen LogP contribution in [0.5, 0.6) is 5.88 Å². The van der Waals surface area contributed by atoms with Gasteiger partial charge in [-0.25, -0.2) is 0 Å². The molecule has 1 fully saturated rings.